The topological polar surface area (TPSA) is 86.8 Å². The minimum Gasteiger partial charge on any atom is -0.352 e. The van der Waals surface area contributed by atoms with Gasteiger partial charge < -0.3 is 10.2 Å². The minimum atomic E-state index is -4.23. The third kappa shape index (κ3) is 7.03. The summed E-state index contributed by atoms with van der Waals surface area (Å²) in [5.74, 6) is -1.36. The van der Waals surface area contributed by atoms with Crippen molar-refractivity contribution < 1.29 is 22.4 Å². The van der Waals surface area contributed by atoms with Crippen molar-refractivity contribution in [1.29, 1.82) is 0 Å². The molecule has 0 aromatic heterocycles. The fraction of sp³-hybridized carbons (Fsp3) is 0.333. The van der Waals surface area contributed by atoms with Crippen molar-refractivity contribution in [2.75, 3.05) is 10.8 Å². The second-order valence-corrected chi connectivity index (χ2v) is 11.8. The Labute approximate surface area is 229 Å². The van der Waals surface area contributed by atoms with Crippen LogP contribution in [0.25, 0.3) is 0 Å². The molecule has 1 aliphatic rings. The van der Waals surface area contributed by atoms with Gasteiger partial charge in [0.2, 0.25) is 11.8 Å². The first kappa shape index (κ1) is 28.3. The third-order valence-corrected chi connectivity index (χ3v) is 8.86. The van der Waals surface area contributed by atoms with Gasteiger partial charge in [-0.1, -0.05) is 60.9 Å². The van der Waals surface area contributed by atoms with Gasteiger partial charge in [0.05, 0.1) is 10.6 Å². The molecule has 1 saturated carbocycles. The first-order valence-electron chi connectivity index (χ1n) is 13.1. The Kier molecular flexibility index (Phi) is 9.01. The smallest absolute Gasteiger partial charge is 0.264 e. The van der Waals surface area contributed by atoms with Crippen LogP contribution in [0.4, 0.5) is 10.1 Å². The summed E-state index contributed by atoms with van der Waals surface area (Å²) >= 11 is 0. The molecular weight excluding hydrogens is 517 g/mol. The van der Waals surface area contributed by atoms with Crippen molar-refractivity contribution in [3.63, 3.8) is 0 Å². The van der Waals surface area contributed by atoms with Crippen LogP contribution in [-0.2, 0) is 26.2 Å². The molecule has 7 nitrogen and oxygen atoms in total. The number of anilines is 1. The summed E-state index contributed by atoms with van der Waals surface area (Å²) in [6.07, 6.45) is 3.92. The van der Waals surface area contributed by atoms with Gasteiger partial charge in [-0.15, -0.1) is 0 Å². The predicted octanol–water partition coefficient (Wildman–Crippen LogP) is 4.81. The number of rotatable bonds is 10. The summed E-state index contributed by atoms with van der Waals surface area (Å²) in [7, 11) is -4.23. The van der Waals surface area contributed by atoms with Crippen LogP contribution in [0.5, 0.6) is 0 Å². The maximum absolute atomic E-state index is 13.9. The number of carbonyl (C=O) groups excluding carboxylic acids is 2. The van der Waals surface area contributed by atoms with Crippen molar-refractivity contribution >= 4 is 27.5 Å². The molecule has 9 heteroatoms. The highest BCUT2D eigenvalue weighted by molar-refractivity contribution is 7.92. The number of nitrogens with zero attached hydrogens (tertiary/aromatic N) is 2. The van der Waals surface area contributed by atoms with E-state index in [4.69, 9.17) is 0 Å². The van der Waals surface area contributed by atoms with Crippen molar-refractivity contribution in [3.8, 4) is 0 Å². The van der Waals surface area contributed by atoms with E-state index in [0.717, 1.165) is 53.2 Å². The number of benzene rings is 3. The number of aryl methyl sites for hydroxylation is 1. The quantitative estimate of drug-likeness (QED) is 0.392. The number of hydrogen-bond acceptors (Lipinski definition) is 4. The van der Waals surface area contributed by atoms with Crippen LogP contribution >= 0.6 is 0 Å². The molecule has 3 aromatic carbocycles. The summed E-state index contributed by atoms with van der Waals surface area (Å²) in [6, 6.07) is 19.8. The molecule has 0 aliphatic heterocycles. The number of hydrogen-bond donors (Lipinski definition) is 1. The van der Waals surface area contributed by atoms with E-state index in [1.54, 1.807) is 31.2 Å². The molecule has 3 aromatic rings. The average molecular weight is 552 g/mol. The lowest BCUT2D eigenvalue weighted by Gasteiger charge is -2.32. The summed E-state index contributed by atoms with van der Waals surface area (Å²) in [5, 5.41) is 3.05. The van der Waals surface area contributed by atoms with E-state index in [0.29, 0.717) is 5.69 Å². The van der Waals surface area contributed by atoms with Crippen LogP contribution in [0.2, 0.25) is 0 Å². The highest BCUT2D eigenvalue weighted by Gasteiger charge is 2.33. The van der Waals surface area contributed by atoms with E-state index in [1.165, 1.54) is 17.0 Å². The van der Waals surface area contributed by atoms with E-state index in [9.17, 15) is 22.4 Å². The lowest BCUT2D eigenvalue weighted by Crippen LogP contribution is -2.52. The first-order chi connectivity index (χ1) is 18.6. The van der Waals surface area contributed by atoms with Gasteiger partial charge in [0, 0.05) is 12.6 Å². The van der Waals surface area contributed by atoms with Gasteiger partial charge in [-0.3, -0.25) is 13.9 Å². The van der Waals surface area contributed by atoms with Gasteiger partial charge in [0.25, 0.3) is 10.0 Å². The zero-order chi connectivity index (χ0) is 28.0. The number of sulfonamides is 1. The molecule has 0 heterocycles. The van der Waals surface area contributed by atoms with E-state index >= 15 is 0 Å². The van der Waals surface area contributed by atoms with Gasteiger partial charge in [-0.25, -0.2) is 12.8 Å². The first-order valence-corrected chi connectivity index (χ1v) is 14.6. The van der Waals surface area contributed by atoms with Crippen molar-refractivity contribution in [2.24, 2.45) is 0 Å². The lowest BCUT2D eigenvalue weighted by molar-refractivity contribution is -0.139. The molecule has 0 spiro atoms. The maximum atomic E-state index is 13.9. The molecule has 0 saturated heterocycles. The number of nitrogens with one attached hydrogen (secondary N) is 1. The molecule has 1 N–H and O–H groups in total. The van der Waals surface area contributed by atoms with Gasteiger partial charge >= 0.3 is 0 Å². The Morgan fingerprint density at radius 3 is 2.18 bits per heavy atom. The molecular formula is C30H34FN3O4S. The summed E-state index contributed by atoms with van der Waals surface area (Å²) in [5.41, 5.74) is 2.03. The van der Waals surface area contributed by atoms with E-state index in [2.05, 4.69) is 5.32 Å². The molecule has 1 atom stereocenters. The summed E-state index contributed by atoms with van der Waals surface area (Å²) in [6.45, 7) is 3.14. The highest BCUT2D eigenvalue weighted by Crippen LogP contribution is 2.25. The van der Waals surface area contributed by atoms with E-state index in [1.807, 2.05) is 37.3 Å². The van der Waals surface area contributed by atoms with Crippen LogP contribution in [0.15, 0.2) is 83.8 Å². The monoisotopic (exact) mass is 551 g/mol. The van der Waals surface area contributed by atoms with Crippen LogP contribution in [0.3, 0.4) is 0 Å². The Morgan fingerprint density at radius 2 is 1.56 bits per heavy atom. The highest BCUT2D eigenvalue weighted by atomic mass is 32.2. The van der Waals surface area contributed by atoms with E-state index < -0.39 is 34.3 Å². The van der Waals surface area contributed by atoms with Crippen LogP contribution in [-0.4, -0.2) is 43.8 Å². The fourth-order valence-electron chi connectivity index (χ4n) is 4.73. The van der Waals surface area contributed by atoms with Gasteiger partial charge in [0.1, 0.15) is 18.4 Å². The van der Waals surface area contributed by atoms with Gasteiger partial charge in [-0.2, -0.15) is 0 Å². The Bertz CT molecular complexity index is 1370. The Balaban J connectivity index is 1.66. The zero-order valence-corrected chi connectivity index (χ0v) is 23.0. The third-order valence-electron chi connectivity index (χ3n) is 7.07. The normalized spacial score (nSPS) is 14.5. The van der Waals surface area contributed by atoms with Gasteiger partial charge in [-0.05, 0) is 68.7 Å². The molecule has 1 aliphatic carbocycles. The zero-order valence-electron chi connectivity index (χ0n) is 22.2. The number of carbonyl (C=O) groups is 2. The standard InChI is InChI=1S/C30H34FN3O4S/c1-22-12-16-27(17-13-22)34(39(37,38)28-18-14-25(31)15-19-28)21-29(35)33(20-24-8-4-3-5-9-24)23(2)30(36)32-26-10-6-7-11-26/h3-5,8-9,12-19,23,26H,6-7,10-11,20-21H2,1-2H3,(H,32,36)/t23-/m1/s1. The summed E-state index contributed by atoms with van der Waals surface area (Å²) in [4.78, 5) is 28.4. The molecule has 4 rings (SSSR count). The molecule has 206 valence electrons. The van der Waals surface area contributed by atoms with Crippen molar-refractivity contribution in [2.45, 2.75) is 63.1 Å². The van der Waals surface area contributed by atoms with Crippen LogP contribution < -0.4 is 9.62 Å². The van der Waals surface area contributed by atoms with Crippen molar-refractivity contribution in [3.05, 3.63) is 95.8 Å². The number of amides is 2. The molecule has 2 amide bonds. The van der Waals surface area contributed by atoms with E-state index in [-0.39, 0.29) is 23.4 Å². The van der Waals surface area contributed by atoms with Crippen molar-refractivity contribution in [1.82, 2.24) is 10.2 Å². The molecule has 0 bridgehead atoms. The second-order valence-electron chi connectivity index (χ2n) is 9.97. The average Bonchev–Trinajstić information content (AvgIpc) is 3.44. The molecule has 0 radical (unpaired) electrons. The van der Waals surface area contributed by atoms with Crippen LogP contribution in [0, 0.1) is 12.7 Å². The number of halogens is 1. The Morgan fingerprint density at radius 1 is 0.949 bits per heavy atom. The fourth-order valence-corrected chi connectivity index (χ4v) is 6.14. The lowest BCUT2D eigenvalue weighted by atomic mass is 10.1. The molecule has 0 unspecified atom stereocenters. The van der Waals surface area contributed by atoms with Crippen LogP contribution in [0.1, 0.15) is 43.7 Å². The van der Waals surface area contributed by atoms with Gasteiger partial charge in [0.15, 0.2) is 0 Å². The Hall–Kier alpha value is -3.72. The predicted molar refractivity (Wildman–Crippen MR) is 149 cm³/mol. The largest absolute Gasteiger partial charge is 0.352 e. The SMILES string of the molecule is Cc1ccc(N(CC(=O)N(Cc2ccccc2)[C@H](C)C(=O)NC2CCCC2)S(=O)(=O)c2ccc(F)cc2)cc1. The maximum Gasteiger partial charge on any atom is 0.264 e. The summed E-state index contributed by atoms with van der Waals surface area (Å²) < 4.78 is 42.1. The minimum absolute atomic E-state index is 0.0801. The second kappa shape index (κ2) is 12.4. The molecule has 1 fully saturated rings. The molecule has 39 heavy (non-hydrogen) atoms.